The lowest BCUT2D eigenvalue weighted by atomic mass is 10.1. The van der Waals surface area contributed by atoms with E-state index in [1.807, 2.05) is 0 Å². The van der Waals surface area contributed by atoms with Gasteiger partial charge in [0.15, 0.2) is 11.9 Å². The van der Waals surface area contributed by atoms with Crippen molar-refractivity contribution in [2.75, 3.05) is 36.5 Å². The Hall–Kier alpha value is -4.13. The number of nitrogens with one attached hydrogen (secondary N) is 2. The molecule has 0 saturated carbocycles. The summed E-state index contributed by atoms with van der Waals surface area (Å²) in [7, 11) is 0. The smallest absolute Gasteiger partial charge is 0.316 e. The molecule has 2 amide bonds. The second kappa shape index (κ2) is 10.6. The average Bonchev–Trinajstić information content (AvgIpc) is 3.59. The predicted octanol–water partition coefficient (Wildman–Crippen LogP) is 1.63. The molecule has 3 atom stereocenters. The van der Waals surface area contributed by atoms with Gasteiger partial charge in [-0.1, -0.05) is 0 Å². The van der Waals surface area contributed by atoms with Crippen LogP contribution in [0.5, 0.6) is 6.01 Å². The highest BCUT2D eigenvalue weighted by Crippen LogP contribution is 2.24. The summed E-state index contributed by atoms with van der Waals surface area (Å²) in [5, 5.41) is 5.54. The van der Waals surface area contributed by atoms with Gasteiger partial charge in [-0.3, -0.25) is 14.6 Å². The van der Waals surface area contributed by atoms with Crippen LogP contribution in [0, 0.1) is 0 Å². The van der Waals surface area contributed by atoms with Gasteiger partial charge in [0.2, 0.25) is 0 Å². The third-order valence-electron chi connectivity index (χ3n) is 5.85. The number of nitrogens with zero attached hydrogens (tertiary/aromatic N) is 5. The molecule has 0 spiro atoms. The zero-order chi connectivity index (χ0) is 24.9. The van der Waals surface area contributed by atoms with E-state index in [1.54, 1.807) is 11.0 Å². The molecule has 2 aliphatic heterocycles. The van der Waals surface area contributed by atoms with Crippen molar-refractivity contribution in [3.63, 3.8) is 0 Å². The standard InChI is InChI=1S/C23H24FN7O5/c24-16-11-31(8-3-19(16)36-22-26-5-1-6-27-22)23-30-18(13-35-23)21(33)29-17-2-7-25-10-15(17)20(32)28-14-4-9-34-12-14/h1-2,5-7,10,13-14,16,19H,3-4,8-9,11-12H2,(H,28,32)(H,25,29,33)/t14-,16?,19?/m0/s1. The lowest BCUT2D eigenvalue weighted by Gasteiger charge is -2.33. The van der Waals surface area contributed by atoms with Gasteiger partial charge in [0.05, 0.1) is 30.4 Å². The number of carbonyl (C=O) groups is 2. The van der Waals surface area contributed by atoms with Crippen molar-refractivity contribution in [2.45, 2.75) is 31.2 Å². The maximum atomic E-state index is 14.8. The SMILES string of the molecule is O=C(Nc1ccncc1C(=O)N[C@H]1CCOC1)c1coc(N2CCC(Oc3ncccn3)C(F)C2)n1. The number of alkyl halides is 1. The van der Waals surface area contributed by atoms with E-state index in [0.29, 0.717) is 26.2 Å². The lowest BCUT2D eigenvalue weighted by Crippen LogP contribution is -2.47. The van der Waals surface area contributed by atoms with Gasteiger partial charge in [-0.15, -0.1) is 0 Å². The van der Waals surface area contributed by atoms with Crippen LogP contribution in [0.25, 0.3) is 0 Å². The molecule has 2 N–H and O–H groups in total. The minimum Gasteiger partial charge on any atom is -0.457 e. The van der Waals surface area contributed by atoms with Gasteiger partial charge in [0.25, 0.3) is 17.8 Å². The van der Waals surface area contributed by atoms with Crippen molar-refractivity contribution in [1.29, 1.82) is 0 Å². The summed E-state index contributed by atoms with van der Waals surface area (Å²) in [6.07, 6.45) is 6.12. The van der Waals surface area contributed by atoms with E-state index < -0.39 is 18.2 Å². The number of halogens is 1. The van der Waals surface area contributed by atoms with Gasteiger partial charge in [-0.05, 0) is 18.6 Å². The molecule has 2 fully saturated rings. The van der Waals surface area contributed by atoms with Crippen LogP contribution >= 0.6 is 0 Å². The fourth-order valence-electron chi connectivity index (χ4n) is 3.97. The molecule has 188 valence electrons. The number of oxazole rings is 1. The van der Waals surface area contributed by atoms with Crippen molar-refractivity contribution in [3.8, 4) is 6.01 Å². The van der Waals surface area contributed by atoms with Crippen LogP contribution in [0.3, 0.4) is 0 Å². The minimum absolute atomic E-state index is 0.0103. The highest BCUT2D eigenvalue weighted by atomic mass is 19.1. The van der Waals surface area contributed by atoms with Crippen molar-refractivity contribution in [3.05, 3.63) is 54.4 Å². The van der Waals surface area contributed by atoms with Crippen LogP contribution in [0.2, 0.25) is 0 Å². The first kappa shape index (κ1) is 23.6. The Morgan fingerprint density at radius 1 is 1.17 bits per heavy atom. The summed E-state index contributed by atoms with van der Waals surface area (Å²) in [4.78, 5) is 43.2. The predicted molar refractivity (Wildman–Crippen MR) is 124 cm³/mol. The Labute approximate surface area is 205 Å². The van der Waals surface area contributed by atoms with E-state index >= 15 is 0 Å². The van der Waals surface area contributed by atoms with Gasteiger partial charge in [0.1, 0.15) is 12.4 Å². The first-order chi connectivity index (χ1) is 17.6. The average molecular weight is 497 g/mol. The Balaban J connectivity index is 1.20. The zero-order valence-corrected chi connectivity index (χ0v) is 19.2. The highest BCUT2D eigenvalue weighted by molar-refractivity contribution is 6.08. The molecule has 2 unspecified atom stereocenters. The van der Waals surface area contributed by atoms with Crippen LogP contribution < -0.4 is 20.3 Å². The molecule has 3 aromatic heterocycles. The summed E-state index contributed by atoms with van der Waals surface area (Å²) >= 11 is 0. The maximum absolute atomic E-state index is 14.8. The molecular weight excluding hydrogens is 473 g/mol. The molecule has 0 aliphatic carbocycles. The number of pyridine rings is 1. The Kier molecular flexibility index (Phi) is 6.98. The van der Waals surface area contributed by atoms with Crippen molar-refractivity contribution < 1.29 is 27.9 Å². The van der Waals surface area contributed by atoms with Crippen LogP contribution in [-0.4, -0.2) is 76.4 Å². The second-order valence-electron chi connectivity index (χ2n) is 8.36. The van der Waals surface area contributed by atoms with Crippen molar-refractivity contribution in [1.82, 2.24) is 25.3 Å². The Bertz CT molecular complexity index is 1200. The molecule has 2 saturated heterocycles. The largest absolute Gasteiger partial charge is 0.457 e. The van der Waals surface area contributed by atoms with Gasteiger partial charge in [-0.2, -0.15) is 4.98 Å². The van der Waals surface area contributed by atoms with E-state index in [-0.39, 0.29) is 47.5 Å². The van der Waals surface area contributed by atoms with Crippen molar-refractivity contribution >= 4 is 23.5 Å². The number of hydrogen-bond acceptors (Lipinski definition) is 10. The molecular formula is C23H24FN7O5. The van der Waals surface area contributed by atoms with Gasteiger partial charge in [-0.25, -0.2) is 14.4 Å². The lowest BCUT2D eigenvalue weighted by molar-refractivity contribution is 0.0723. The first-order valence-corrected chi connectivity index (χ1v) is 11.5. The number of anilines is 2. The van der Waals surface area contributed by atoms with Gasteiger partial charge in [0, 0.05) is 44.4 Å². The second-order valence-corrected chi connectivity index (χ2v) is 8.36. The Morgan fingerprint density at radius 2 is 2.03 bits per heavy atom. The summed E-state index contributed by atoms with van der Waals surface area (Å²) in [6.45, 7) is 1.40. The number of ether oxygens (including phenoxy) is 2. The third-order valence-corrected chi connectivity index (χ3v) is 5.85. The molecule has 5 heterocycles. The fourth-order valence-corrected chi connectivity index (χ4v) is 3.97. The van der Waals surface area contributed by atoms with E-state index in [1.165, 1.54) is 37.1 Å². The van der Waals surface area contributed by atoms with Crippen LogP contribution in [-0.2, 0) is 4.74 Å². The number of rotatable bonds is 7. The summed E-state index contributed by atoms with van der Waals surface area (Å²) in [6, 6.07) is 3.32. The van der Waals surface area contributed by atoms with Crippen LogP contribution in [0.4, 0.5) is 16.1 Å². The number of carbonyl (C=O) groups excluding carboxylic acids is 2. The molecule has 36 heavy (non-hydrogen) atoms. The fraction of sp³-hybridized carbons (Fsp3) is 0.391. The first-order valence-electron chi connectivity index (χ1n) is 11.5. The summed E-state index contributed by atoms with van der Waals surface area (Å²) in [5.41, 5.74) is 0.482. The topological polar surface area (TPSA) is 145 Å². The van der Waals surface area contributed by atoms with Gasteiger partial charge >= 0.3 is 6.01 Å². The third kappa shape index (κ3) is 5.40. The van der Waals surface area contributed by atoms with Crippen LogP contribution in [0.1, 0.15) is 33.7 Å². The van der Waals surface area contributed by atoms with Gasteiger partial charge < -0.3 is 29.4 Å². The molecule has 0 bridgehead atoms. The molecule has 12 nitrogen and oxygen atoms in total. The number of hydrogen-bond donors (Lipinski definition) is 2. The quantitative estimate of drug-likeness (QED) is 0.494. The van der Waals surface area contributed by atoms with E-state index in [2.05, 4.69) is 30.6 Å². The summed E-state index contributed by atoms with van der Waals surface area (Å²) < 4.78 is 31.0. The zero-order valence-electron chi connectivity index (χ0n) is 19.2. The number of piperidine rings is 1. The van der Waals surface area contributed by atoms with E-state index in [0.717, 1.165) is 6.42 Å². The Morgan fingerprint density at radius 3 is 2.81 bits per heavy atom. The summed E-state index contributed by atoms with van der Waals surface area (Å²) in [5.74, 6) is -0.944. The minimum atomic E-state index is -1.34. The number of aromatic nitrogens is 4. The highest BCUT2D eigenvalue weighted by Gasteiger charge is 2.33. The molecule has 0 radical (unpaired) electrons. The molecule has 3 aromatic rings. The molecule has 0 aromatic carbocycles. The van der Waals surface area contributed by atoms with E-state index in [9.17, 15) is 14.0 Å². The molecule has 5 rings (SSSR count). The maximum Gasteiger partial charge on any atom is 0.316 e. The monoisotopic (exact) mass is 497 g/mol. The molecule has 2 aliphatic rings. The van der Waals surface area contributed by atoms with Crippen LogP contribution in [0.15, 0.2) is 47.6 Å². The van der Waals surface area contributed by atoms with Crippen molar-refractivity contribution in [2.24, 2.45) is 0 Å². The normalized spacial score (nSPS) is 21.7. The number of amides is 2. The molecule has 13 heteroatoms. The van der Waals surface area contributed by atoms with E-state index in [4.69, 9.17) is 13.9 Å².